The summed E-state index contributed by atoms with van der Waals surface area (Å²) < 4.78 is 4.10. The van der Waals surface area contributed by atoms with E-state index in [-0.39, 0.29) is 18.0 Å². The normalized spacial score (nSPS) is 11.3. The first kappa shape index (κ1) is 13.2. The molecule has 2 aromatic rings. The molecule has 0 spiro atoms. The summed E-state index contributed by atoms with van der Waals surface area (Å²) in [6.45, 7) is 0.640. The molecule has 2 aromatic heterocycles. The highest BCUT2D eigenvalue weighted by Crippen LogP contribution is 2.05. The third kappa shape index (κ3) is 1.95. The maximum Gasteiger partial charge on any atom is 0.332 e. The van der Waals surface area contributed by atoms with Gasteiger partial charge in [0.1, 0.15) is 0 Å². The molecule has 0 amide bonds. The van der Waals surface area contributed by atoms with Gasteiger partial charge in [-0.1, -0.05) is 0 Å². The summed E-state index contributed by atoms with van der Waals surface area (Å²) in [6.07, 6.45) is 1.51. The highest BCUT2D eigenvalue weighted by atomic mass is 35.5. The fraction of sp³-hybridized carbons (Fsp3) is 0.500. The molecular formula is C10H12Cl2N4O2. The maximum atomic E-state index is 12.2. The first-order chi connectivity index (χ1) is 8.61. The van der Waals surface area contributed by atoms with E-state index >= 15 is 0 Å². The topological polar surface area (TPSA) is 61.8 Å². The molecule has 0 aliphatic rings. The lowest BCUT2D eigenvalue weighted by molar-refractivity contribution is 0.636. The number of hydrogen-bond donors (Lipinski definition) is 0. The van der Waals surface area contributed by atoms with Crippen LogP contribution in [0.15, 0.2) is 15.9 Å². The number of rotatable bonds is 4. The van der Waals surface area contributed by atoms with Crippen molar-refractivity contribution in [3.63, 3.8) is 0 Å². The zero-order valence-electron chi connectivity index (χ0n) is 9.77. The Balaban J connectivity index is 2.84. The second-order valence-corrected chi connectivity index (χ2v) is 4.54. The average molecular weight is 291 g/mol. The second kappa shape index (κ2) is 5.16. The predicted octanol–water partition coefficient (Wildman–Crippen LogP) is 0.374. The van der Waals surface area contributed by atoms with Crippen molar-refractivity contribution in [2.75, 3.05) is 11.8 Å². The molecule has 0 atom stereocenters. The van der Waals surface area contributed by atoms with E-state index in [0.29, 0.717) is 23.6 Å². The SMILES string of the molecule is Cn1c(=O)n(CCCl)c(=O)c2c1ncn2CCCl. The molecule has 6 nitrogen and oxygen atoms in total. The van der Waals surface area contributed by atoms with Gasteiger partial charge in [0.05, 0.1) is 6.33 Å². The summed E-state index contributed by atoms with van der Waals surface area (Å²) in [5.74, 6) is 0.563. The highest BCUT2D eigenvalue weighted by molar-refractivity contribution is 6.18. The van der Waals surface area contributed by atoms with Crippen molar-refractivity contribution in [3.8, 4) is 0 Å². The van der Waals surface area contributed by atoms with E-state index in [1.807, 2.05) is 0 Å². The number of alkyl halides is 2. The first-order valence-corrected chi connectivity index (χ1v) is 6.45. The minimum atomic E-state index is -0.413. The summed E-state index contributed by atoms with van der Waals surface area (Å²) in [4.78, 5) is 28.3. The lowest BCUT2D eigenvalue weighted by Gasteiger charge is -2.07. The lowest BCUT2D eigenvalue weighted by atomic mass is 10.4. The molecule has 2 rings (SSSR count). The summed E-state index contributed by atoms with van der Waals surface area (Å²) in [7, 11) is 1.58. The number of nitrogens with zero attached hydrogens (tertiary/aromatic N) is 4. The van der Waals surface area contributed by atoms with E-state index in [1.54, 1.807) is 11.6 Å². The zero-order valence-corrected chi connectivity index (χ0v) is 11.3. The van der Waals surface area contributed by atoms with Gasteiger partial charge in [-0.25, -0.2) is 9.78 Å². The van der Waals surface area contributed by atoms with Crippen molar-refractivity contribution in [3.05, 3.63) is 27.2 Å². The quantitative estimate of drug-likeness (QED) is 0.765. The van der Waals surface area contributed by atoms with Gasteiger partial charge in [-0.05, 0) is 0 Å². The molecule has 0 N–H and O–H groups in total. The van der Waals surface area contributed by atoms with Crippen molar-refractivity contribution in [1.29, 1.82) is 0 Å². The van der Waals surface area contributed by atoms with Crippen molar-refractivity contribution < 1.29 is 0 Å². The first-order valence-electron chi connectivity index (χ1n) is 5.38. The van der Waals surface area contributed by atoms with Crippen LogP contribution in [0.3, 0.4) is 0 Å². The molecule has 0 aromatic carbocycles. The van der Waals surface area contributed by atoms with Gasteiger partial charge in [-0.2, -0.15) is 0 Å². The van der Waals surface area contributed by atoms with Crippen LogP contribution in [-0.2, 0) is 20.1 Å². The van der Waals surface area contributed by atoms with Gasteiger partial charge in [0, 0.05) is 31.9 Å². The molecule has 2 heterocycles. The predicted molar refractivity (Wildman–Crippen MR) is 70.7 cm³/mol. The molecule has 0 fully saturated rings. The summed E-state index contributed by atoms with van der Waals surface area (Å²) in [5.41, 5.74) is -0.0514. The minimum Gasteiger partial charge on any atom is -0.324 e. The molecule has 98 valence electrons. The Morgan fingerprint density at radius 2 is 1.89 bits per heavy atom. The highest BCUT2D eigenvalue weighted by Gasteiger charge is 2.15. The third-order valence-electron chi connectivity index (χ3n) is 2.74. The molecule has 18 heavy (non-hydrogen) atoms. The minimum absolute atomic E-state index is 0.176. The maximum absolute atomic E-state index is 12.2. The Labute approximate surface area is 112 Å². The number of aryl methyl sites for hydroxylation is 2. The van der Waals surface area contributed by atoms with Crippen molar-refractivity contribution >= 4 is 34.4 Å². The summed E-state index contributed by atoms with van der Waals surface area (Å²) in [5, 5.41) is 0. The third-order valence-corrected chi connectivity index (χ3v) is 3.07. The van der Waals surface area contributed by atoms with Crippen LogP contribution in [0.25, 0.3) is 11.2 Å². The van der Waals surface area contributed by atoms with Gasteiger partial charge in [-0.15, -0.1) is 23.2 Å². The van der Waals surface area contributed by atoms with Crippen molar-refractivity contribution in [1.82, 2.24) is 18.7 Å². The summed E-state index contributed by atoms with van der Waals surface area (Å²) in [6, 6.07) is 0. The zero-order chi connectivity index (χ0) is 13.3. The largest absolute Gasteiger partial charge is 0.332 e. The van der Waals surface area contributed by atoms with Crippen LogP contribution in [0, 0.1) is 0 Å². The van der Waals surface area contributed by atoms with E-state index in [0.717, 1.165) is 4.57 Å². The van der Waals surface area contributed by atoms with Crippen molar-refractivity contribution in [2.45, 2.75) is 13.1 Å². The standard InChI is InChI=1S/C10H12Cl2N4O2/c1-14-8-7(15(4-2-11)6-13-8)9(17)16(5-3-12)10(14)18/h6H,2-5H2,1H3. The van der Waals surface area contributed by atoms with Crippen LogP contribution in [0.1, 0.15) is 0 Å². The smallest absolute Gasteiger partial charge is 0.324 e. The fourth-order valence-electron chi connectivity index (χ4n) is 1.86. The number of aromatic nitrogens is 4. The van der Waals surface area contributed by atoms with Crippen LogP contribution in [0.2, 0.25) is 0 Å². The molecule has 0 radical (unpaired) electrons. The van der Waals surface area contributed by atoms with Gasteiger partial charge in [0.15, 0.2) is 11.2 Å². The number of halogens is 2. The molecular weight excluding hydrogens is 279 g/mol. The number of fused-ring (bicyclic) bond motifs is 1. The molecule has 8 heteroatoms. The van der Waals surface area contributed by atoms with Crippen molar-refractivity contribution in [2.24, 2.45) is 7.05 Å². The average Bonchev–Trinajstić information content (AvgIpc) is 2.76. The second-order valence-electron chi connectivity index (χ2n) is 3.79. The number of imidazole rings is 1. The van der Waals surface area contributed by atoms with E-state index in [1.165, 1.54) is 10.9 Å². The van der Waals surface area contributed by atoms with Crippen LogP contribution in [-0.4, -0.2) is 30.4 Å². The van der Waals surface area contributed by atoms with E-state index in [4.69, 9.17) is 23.2 Å². The van der Waals surface area contributed by atoms with E-state index < -0.39 is 5.69 Å². The van der Waals surface area contributed by atoms with Gasteiger partial charge in [0.2, 0.25) is 0 Å². The Morgan fingerprint density at radius 3 is 2.50 bits per heavy atom. The van der Waals surface area contributed by atoms with Crippen LogP contribution in [0.4, 0.5) is 0 Å². The molecule has 0 bridgehead atoms. The van der Waals surface area contributed by atoms with Gasteiger partial charge >= 0.3 is 5.69 Å². The summed E-state index contributed by atoms with van der Waals surface area (Å²) >= 11 is 11.3. The van der Waals surface area contributed by atoms with Crippen LogP contribution in [0.5, 0.6) is 0 Å². The van der Waals surface area contributed by atoms with Crippen LogP contribution >= 0.6 is 23.2 Å². The molecule has 0 aliphatic carbocycles. The van der Waals surface area contributed by atoms with E-state index in [2.05, 4.69) is 4.98 Å². The van der Waals surface area contributed by atoms with E-state index in [9.17, 15) is 9.59 Å². The van der Waals surface area contributed by atoms with Crippen LogP contribution < -0.4 is 11.2 Å². The molecule has 0 aliphatic heterocycles. The van der Waals surface area contributed by atoms with Gasteiger partial charge in [0.25, 0.3) is 5.56 Å². The molecule has 0 saturated heterocycles. The monoisotopic (exact) mass is 290 g/mol. The molecule has 0 saturated carbocycles. The van der Waals surface area contributed by atoms with Gasteiger partial charge in [-0.3, -0.25) is 13.9 Å². The number of hydrogen-bond acceptors (Lipinski definition) is 3. The molecule has 0 unspecified atom stereocenters. The Hall–Kier alpha value is -1.27. The Morgan fingerprint density at radius 1 is 1.22 bits per heavy atom. The fourth-order valence-corrected chi connectivity index (χ4v) is 2.22. The Kier molecular flexibility index (Phi) is 3.77. The van der Waals surface area contributed by atoms with Gasteiger partial charge < -0.3 is 4.57 Å². The lowest BCUT2D eigenvalue weighted by Crippen LogP contribution is -2.40. The Bertz CT molecular complexity index is 685.